The van der Waals surface area contributed by atoms with Crippen molar-refractivity contribution in [2.75, 3.05) is 0 Å². The van der Waals surface area contributed by atoms with Crippen LogP contribution in [0.15, 0.2) is 83.9 Å². The van der Waals surface area contributed by atoms with Crippen LogP contribution < -0.4 is 5.73 Å². The number of hydrogen-bond donors (Lipinski definition) is 1. The number of nitrogens with zero attached hydrogens (tertiary/aromatic N) is 2. The fourth-order valence-electron chi connectivity index (χ4n) is 2.79. The van der Waals surface area contributed by atoms with Gasteiger partial charge in [0.05, 0.1) is 0 Å². The maximum Gasteiger partial charge on any atom is 0.146 e. The van der Waals surface area contributed by atoms with Crippen molar-refractivity contribution >= 4 is 33.8 Å². The molecule has 3 aromatic carbocycles. The van der Waals surface area contributed by atoms with Gasteiger partial charge in [0, 0.05) is 21.7 Å². The van der Waals surface area contributed by atoms with Crippen LogP contribution >= 0.6 is 22.9 Å². The lowest BCUT2D eigenvalue weighted by atomic mass is 10.1. The molecule has 0 saturated carbocycles. The van der Waals surface area contributed by atoms with Crippen molar-refractivity contribution in [2.45, 2.75) is 6.92 Å². The van der Waals surface area contributed by atoms with Gasteiger partial charge in [0.15, 0.2) is 0 Å². The van der Waals surface area contributed by atoms with Gasteiger partial charge in [-0.2, -0.15) is 0 Å². The van der Waals surface area contributed by atoms with E-state index in [2.05, 4.69) is 31.2 Å². The second-order valence-corrected chi connectivity index (χ2v) is 7.82. The van der Waals surface area contributed by atoms with Gasteiger partial charge in [0.1, 0.15) is 21.5 Å². The smallest absolute Gasteiger partial charge is 0.146 e. The number of nitrogens with two attached hydrogens (primary N) is 1. The minimum Gasteiger partial charge on any atom is -0.383 e. The quantitative estimate of drug-likeness (QED) is 0.313. The first-order valence-electron chi connectivity index (χ1n) is 8.83. The number of aliphatic imine (C=N–C) groups is 1. The molecule has 0 radical (unpaired) electrons. The molecule has 2 N–H and O–H groups in total. The van der Waals surface area contributed by atoms with Crippen LogP contribution in [0.25, 0.3) is 21.8 Å². The van der Waals surface area contributed by atoms with Crippen molar-refractivity contribution in [1.82, 2.24) is 4.98 Å². The monoisotopic (exact) mass is 403 g/mol. The molecular formula is C23H18ClN3S. The average Bonchev–Trinajstić information content (AvgIpc) is 3.13. The van der Waals surface area contributed by atoms with Crippen molar-refractivity contribution < 1.29 is 0 Å². The fraction of sp³-hybridized carbons (Fsp3) is 0.0435. The summed E-state index contributed by atoms with van der Waals surface area (Å²) in [5, 5.41) is 2.37. The minimum absolute atomic E-state index is 0.438. The van der Waals surface area contributed by atoms with Crippen molar-refractivity contribution in [3.8, 4) is 21.8 Å². The van der Waals surface area contributed by atoms with Crippen molar-refractivity contribution in [2.24, 2.45) is 10.7 Å². The van der Waals surface area contributed by atoms with Gasteiger partial charge >= 0.3 is 0 Å². The Hall–Kier alpha value is -2.95. The highest BCUT2D eigenvalue weighted by Gasteiger charge is 2.15. The zero-order valence-electron chi connectivity index (χ0n) is 15.3. The predicted octanol–water partition coefficient (Wildman–Crippen LogP) is 6.48. The Morgan fingerprint density at radius 2 is 1.57 bits per heavy atom. The Kier molecular flexibility index (Phi) is 5.24. The molecule has 0 saturated heterocycles. The van der Waals surface area contributed by atoms with Crippen molar-refractivity contribution in [1.29, 1.82) is 0 Å². The molecule has 0 unspecified atom stereocenters. The summed E-state index contributed by atoms with van der Waals surface area (Å²) in [6, 6.07) is 25.7. The van der Waals surface area contributed by atoms with E-state index >= 15 is 0 Å². The summed E-state index contributed by atoms with van der Waals surface area (Å²) in [6.45, 7) is 2.07. The van der Waals surface area contributed by atoms with Crippen LogP contribution in [0.4, 0.5) is 5.00 Å². The van der Waals surface area contributed by atoms with Gasteiger partial charge in [-0.1, -0.05) is 83.1 Å². The lowest BCUT2D eigenvalue weighted by molar-refractivity contribution is 1.37. The van der Waals surface area contributed by atoms with Crippen LogP contribution in [0.2, 0.25) is 5.02 Å². The van der Waals surface area contributed by atoms with E-state index in [-0.39, 0.29) is 0 Å². The average molecular weight is 404 g/mol. The summed E-state index contributed by atoms with van der Waals surface area (Å²) in [6.07, 6.45) is 0. The fourth-order valence-corrected chi connectivity index (χ4v) is 3.89. The third kappa shape index (κ3) is 3.98. The lowest BCUT2D eigenvalue weighted by Crippen LogP contribution is -2.12. The first-order valence-corrected chi connectivity index (χ1v) is 10.0. The summed E-state index contributed by atoms with van der Waals surface area (Å²) < 4.78 is 0. The van der Waals surface area contributed by atoms with E-state index in [0.717, 1.165) is 32.4 Å². The number of benzene rings is 3. The van der Waals surface area contributed by atoms with Gasteiger partial charge in [-0.25, -0.2) is 9.98 Å². The molecule has 0 amide bonds. The van der Waals surface area contributed by atoms with Crippen LogP contribution in [0.3, 0.4) is 0 Å². The molecule has 1 heterocycles. The van der Waals surface area contributed by atoms with Crippen LogP contribution in [-0.2, 0) is 0 Å². The first-order chi connectivity index (χ1) is 13.6. The van der Waals surface area contributed by atoms with Crippen molar-refractivity contribution in [3.63, 3.8) is 0 Å². The van der Waals surface area contributed by atoms with Gasteiger partial charge in [-0.3, -0.25) is 0 Å². The Morgan fingerprint density at radius 1 is 0.893 bits per heavy atom. The molecule has 5 heteroatoms. The summed E-state index contributed by atoms with van der Waals surface area (Å²) in [5.41, 5.74) is 11.2. The second-order valence-electron chi connectivity index (χ2n) is 6.41. The molecule has 0 aliphatic heterocycles. The zero-order chi connectivity index (χ0) is 19.5. The number of thiazole rings is 1. The molecule has 3 nitrogen and oxygen atoms in total. The standard InChI is InChI=1S/C23H18ClN3S/c1-15-7-9-18(10-8-15)22-26-20(16-5-3-2-4-6-16)23(28-22)27-21(25)17-11-13-19(24)14-12-17/h2-14H,1H3,(H2,25,27). The number of aromatic nitrogens is 1. The molecular weight excluding hydrogens is 386 g/mol. The summed E-state index contributed by atoms with van der Waals surface area (Å²) in [7, 11) is 0. The van der Waals surface area contributed by atoms with E-state index in [4.69, 9.17) is 27.3 Å². The highest BCUT2D eigenvalue weighted by Crippen LogP contribution is 2.40. The highest BCUT2D eigenvalue weighted by atomic mass is 35.5. The third-order valence-electron chi connectivity index (χ3n) is 4.32. The largest absolute Gasteiger partial charge is 0.383 e. The molecule has 28 heavy (non-hydrogen) atoms. The minimum atomic E-state index is 0.438. The van der Waals surface area contributed by atoms with Gasteiger partial charge in [-0.15, -0.1) is 0 Å². The van der Waals surface area contributed by atoms with E-state index in [1.165, 1.54) is 16.9 Å². The molecule has 0 aliphatic carbocycles. The summed E-state index contributed by atoms with van der Waals surface area (Å²) in [4.78, 5) is 9.58. The molecule has 4 aromatic rings. The molecule has 4 rings (SSSR count). The normalized spacial score (nSPS) is 11.6. The van der Waals surface area contributed by atoms with Crippen LogP contribution in [0, 0.1) is 6.92 Å². The topological polar surface area (TPSA) is 51.3 Å². The molecule has 0 aliphatic rings. The molecule has 1 aromatic heterocycles. The number of amidine groups is 1. The Labute approximate surface area is 173 Å². The zero-order valence-corrected chi connectivity index (χ0v) is 16.8. The predicted molar refractivity (Wildman–Crippen MR) is 120 cm³/mol. The molecule has 0 bridgehead atoms. The van der Waals surface area contributed by atoms with Gasteiger partial charge in [0.2, 0.25) is 0 Å². The molecule has 0 spiro atoms. The second kappa shape index (κ2) is 7.97. The maximum absolute atomic E-state index is 6.28. The van der Waals surface area contributed by atoms with E-state index in [0.29, 0.717) is 10.9 Å². The maximum atomic E-state index is 6.28. The Morgan fingerprint density at radius 3 is 2.25 bits per heavy atom. The van der Waals surface area contributed by atoms with Crippen LogP contribution in [0.5, 0.6) is 0 Å². The van der Waals surface area contributed by atoms with Crippen molar-refractivity contribution in [3.05, 3.63) is 95.0 Å². The Balaban J connectivity index is 1.81. The van der Waals surface area contributed by atoms with Gasteiger partial charge in [-0.05, 0) is 31.2 Å². The highest BCUT2D eigenvalue weighted by molar-refractivity contribution is 7.19. The number of hydrogen-bond acceptors (Lipinski definition) is 3. The van der Waals surface area contributed by atoms with Gasteiger partial charge in [0.25, 0.3) is 0 Å². The van der Waals surface area contributed by atoms with Gasteiger partial charge < -0.3 is 5.73 Å². The molecule has 0 fully saturated rings. The van der Waals surface area contributed by atoms with Crippen LogP contribution in [0.1, 0.15) is 11.1 Å². The van der Waals surface area contributed by atoms with E-state index in [1.807, 2.05) is 54.6 Å². The van der Waals surface area contributed by atoms with E-state index in [1.54, 1.807) is 0 Å². The summed E-state index contributed by atoms with van der Waals surface area (Å²) >= 11 is 7.51. The number of aryl methyl sites for hydroxylation is 1. The molecule has 138 valence electrons. The summed E-state index contributed by atoms with van der Waals surface area (Å²) in [5.74, 6) is 0.438. The number of rotatable bonds is 4. The lowest BCUT2D eigenvalue weighted by Gasteiger charge is -2.02. The van der Waals surface area contributed by atoms with E-state index in [9.17, 15) is 0 Å². The Bertz CT molecular complexity index is 1110. The third-order valence-corrected chi connectivity index (χ3v) is 5.57. The first kappa shape index (κ1) is 18.4. The van der Waals surface area contributed by atoms with Crippen LogP contribution in [-0.4, -0.2) is 10.8 Å². The number of halogens is 1. The molecule has 0 atom stereocenters. The van der Waals surface area contributed by atoms with E-state index < -0.39 is 0 Å². The SMILES string of the molecule is Cc1ccc(-c2nc(-c3ccccc3)c(/N=C(\N)c3ccc(Cl)cc3)s2)cc1.